The molecule has 0 aromatic carbocycles. The van der Waals surface area contributed by atoms with E-state index in [4.69, 9.17) is 9.84 Å². The molecule has 1 aliphatic heterocycles. The normalized spacial score (nSPS) is 24.7. The van der Waals surface area contributed by atoms with Gasteiger partial charge in [0, 0.05) is 13.1 Å². The minimum atomic E-state index is -1.06. The summed E-state index contributed by atoms with van der Waals surface area (Å²) in [7, 11) is 0. The Morgan fingerprint density at radius 3 is 2.65 bits per heavy atom. The van der Waals surface area contributed by atoms with Crippen LogP contribution in [0.2, 0.25) is 0 Å². The number of morpholine rings is 1. The summed E-state index contributed by atoms with van der Waals surface area (Å²) in [5.41, 5.74) is -0.0331. The maximum atomic E-state index is 10.8. The largest absolute Gasteiger partial charge is 0.476 e. The second-order valence-electron chi connectivity index (χ2n) is 4.23. The SMILES string of the molecule is C[C@@H]1CN(c2cncc(C(=O)O)n2)C[C@H](C)O1. The van der Waals surface area contributed by atoms with Gasteiger partial charge in [-0.05, 0) is 13.8 Å². The molecule has 2 heterocycles. The first kappa shape index (κ1) is 11.8. The molecule has 17 heavy (non-hydrogen) atoms. The predicted molar refractivity (Wildman–Crippen MR) is 61.2 cm³/mol. The van der Waals surface area contributed by atoms with Crippen LogP contribution in [0.5, 0.6) is 0 Å². The van der Waals surface area contributed by atoms with Crippen LogP contribution in [0.25, 0.3) is 0 Å². The fourth-order valence-corrected chi connectivity index (χ4v) is 1.98. The van der Waals surface area contributed by atoms with E-state index in [1.54, 1.807) is 6.20 Å². The Kier molecular flexibility index (Phi) is 3.23. The Morgan fingerprint density at radius 1 is 1.41 bits per heavy atom. The molecule has 2 rings (SSSR count). The van der Waals surface area contributed by atoms with Gasteiger partial charge in [0.1, 0.15) is 5.82 Å². The van der Waals surface area contributed by atoms with Gasteiger partial charge in [0.2, 0.25) is 0 Å². The smallest absolute Gasteiger partial charge is 0.356 e. The van der Waals surface area contributed by atoms with Gasteiger partial charge in [-0.1, -0.05) is 0 Å². The van der Waals surface area contributed by atoms with Crippen molar-refractivity contribution in [2.75, 3.05) is 18.0 Å². The molecular formula is C11H15N3O3. The van der Waals surface area contributed by atoms with Gasteiger partial charge in [-0.3, -0.25) is 4.98 Å². The van der Waals surface area contributed by atoms with Gasteiger partial charge in [-0.2, -0.15) is 0 Å². The van der Waals surface area contributed by atoms with Gasteiger partial charge < -0.3 is 14.7 Å². The Morgan fingerprint density at radius 2 is 2.06 bits per heavy atom. The fraction of sp³-hybridized carbons (Fsp3) is 0.545. The monoisotopic (exact) mass is 237 g/mol. The Labute approximate surface area is 99.2 Å². The summed E-state index contributed by atoms with van der Waals surface area (Å²) in [4.78, 5) is 20.8. The number of ether oxygens (including phenoxy) is 1. The Bertz CT molecular complexity index is 414. The topological polar surface area (TPSA) is 75.6 Å². The summed E-state index contributed by atoms with van der Waals surface area (Å²) in [6.07, 6.45) is 3.04. The van der Waals surface area contributed by atoms with E-state index >= 15 is 0 Å². The molecule has 0 saturated carbocycles. The average molecular weight is 237 g/mol. The number of hydrogen-bond acceptors (Lipinski definition) is 5. The molecule has 1 saturated heterocycles. The fourth-order valence-electron chi connectivity index (χ4n) is 1.98. The van der Waals surface area contributed by atoms with Gasteiger partial charge in [0.15, 0.2) is 5.69 Å². The van der Waals surface area contributed by atoms with E-state index in [-0.39, 0.29) is 17.9 Å². The third kappa shape index (κ3) is 2.71. The lowest BCUT2D eigenvalue weighted by Gasteiger charge is -2.35. The Hall–Kier alpha value is -1.69. The van der Waals surface area contributed by atoms with Crippen molar-refractivity contribution in [3.63, 3.8) is 0 Å². The standard InChI is InChI=1S/C11H15N3O3/c1-7-5-14(6-8(2)17-7)10-4-12-3-9(13-10)11(15)16/h3-4,7-8H,5-6H2,1-2H3,(H,15,16)/t7-,8+. The van der Waals surface area contributed by atoms with E-state index in [0.29, 0.717) is 18.9 Å². The van der Waals surface area contributed by atoms with E-state index in [9.17, 15) is 4.79 Å². The van der Waals surface area contributed by atoms with Crippen LogP contribution in [0.15, 0.2) is 12.4 Å². The van der Waals surface area contributed by atoms with Gasteiger partial charge in [-0.15, -0.1) is 0 Å². The number of carbonyl (C=O) groups is 1. The minimum Gasteiger partial charge on any atom is -0.476 e. The van der Waals surface area contributed by atoms with E-state index < -0.39 is 5.97 Å². The van der Waals surface area contributed by atoms with Crippen LogP contribution in [-0.4, -0.2) is 46.3 Å². The third-order valence-corrected chi connectivity index (χ3v) is 2.58. The zero-order chi connectivity index (χ0) is 12.4. The van der Waals surface area contributed by atoms with E-state index in [2.05, 4.69) is 9.97 Å². The molecule has 92 valence electrons. The van der Waals surface area contributed by atoms with E-state index in [1.165, 1.54) is 6.20 Å². The van der Waals surface area contributed by atoms with Crippen molar-refractivity contribution >= 4 is 11.8 Å². The van der Waals surface area contributed by atoms with Crippen LogP contribution in [0.3, 0.4) is 0 Å². The first-order valence-corrected chi connectivity index (χ1v) is 5.52. The second kappa shape index (κ2) is 4.67. The average Bonchev–Trinajstić information content (AvgIpc) is 2.28. The molecule has 2 atom stereocenters. The molecule has 0 amide bonds. The van der Waals surface area contributed by atoms with Crippen molar-refractivity contribution in [3.8, 4) is 0 Å². The highest BCUT2D eigenvalue weighted by atomic mass is 16.5. The van der Waals surface area contributed by atoms with E-state index in [1.807, 2.05) is 18.7 Å². The molecule has 1 fully saturated rings. The van der Waals surface area contributed by atoms with Crippen LogP contribution < -0.4 is 4.90 Å². The quantitative estimate of drug-likeness (QED) is 0.819. The maximum absolute atomic E-state index is 10.8. The Balaban J connectivity index is 2.21. The highest BCUT2D eigenvalue weighted by Crippen LogP contribution is 2.17. The minimum absolute atomic E-state index is 0.0331. The van der Waals surface area contributed by atoms with Crippen molar-refractivity contribution in [2.24, 2.45) is 0 Å². The highest BCUT2D eigenvalue weighted by Gasteiger charge is 2.23. The number of anilines is 1. The van der Waals surface area contributed by atoms with Crippen LogP contribution in [-0.2, 0) is 4.74 Å². The van der Waals surface area contributed by atoms with Crippen LogP contribution in [0, 0.1) is 0 Å². The zero-order valence-electron chi connectivity index (χ0n) is 9.83. The van der Waals surface area contributed by atoms with Crippen molar-refractivity contribution in [1.29, 1.82) is 0 Å². The lowest BCUT2D eigenvalue weighted by atomic mass is 10.2. The van der Waals surface area contributed by atoms with Crippen molar-refractivity contribution in [1.82, 2.24) is 9.97 Å². The molecule has 0 radical (unpaired) electrons. The first-order valence-electron chi connectivity index (χ1n) is 5.52. The summed E-state index contributed by atoms with van der Waals surface area (Å²) in [5, 5.41) is 8.87. The van der Waals surface area contributed by atoms with Gasteiger partial charge in [-0.25, -0.2) is 9.78 Å². The molecule has 0 aliphatic carbocycles. The molecule has 1 N–H and O–H groups in total. The predicted octanol–water partition coefficient (Wildman–Crippen LogP) is 0.788. The summed E-state index contributed by atoms with van der Waals surface area (Å²) < 4.78 is 5.61. The molecule has 1 aliphatic rings. The van der Waals surface area contributed by atoms with Crippen LogP contribution in [0.1, 0.15) is 24.3 Å². The number of carboxylic acids is 1. The lowest BCUT2D eigenvalue weighted by molar-refractivity contribution is -0.00548. The van der Waals surface area contributed by atoms with E-state index in [0.717, 1.165) is 0 Å². The molecule has 6 heteroatoms. The third-order valence-electron chi connectivity index (χ3n) is 2.58. The highest BCUT2D eigenvalue weighted by molar-refractivity contribution is 5.85. The summed E-state index contributed by atoms with van der Waals surface area (Å²) in [6, 6.07) is 0. The van der Waals surface area contributed by atoms with Gasteiger partial charge in [0.05, 0.1) is 24.6 Å². The number of hydrogen-bond donors (Lipinski definition) is 1. The molecule has 0 unspecified atom stereocenters. The number of nitrogens with zero attached hydrogens (tertiary/aromatic N) is 3. The van der Waals surface area contributed by atoms with Crippen LogP contribution in [0.4, 0.5) is 5.82 Å². The number of aromatic nitrogens is 2. The number of carboxylic acid groups (broad SMARTS) is 1. The molecule has 1 aromatic heterocycles. The van der Waals surface area contributed by atoms with Gasteiger partial charge in [0.25, 0.3) is 0 Å². The number of aromatic carboxylic acids is 1. The summed E-state index contributed by atoms with van der Waals surface area (Å²) in [5.74, 6) is -0.472. The maximum Gasteiger partial charge on any atom is 0.356 e. The summed E-state index contributed by atoms with van der Waals surface area (Å²) in [6.45, 7) is 5.36. The van der Waals surface area contributed by atoms with Gasteiger partial charge >= 0.3 is 5.97 Å². The zero-order valence-corrected chi connectivity index (χ0v) is 9.83. The first-order chi connectivity index (χ1) is 8.06. The summed E-state index contributed by atoms with van der Waals surface area (Å²) >= 11 is 0. The van der Waals surface area contributed by atoms with Crippen molar-refractivity contribution < 1.29 is 14.6 Å². The molecule has 1 aromatic rings. The molecule has 0 bridgehead atoms. The van der Waals surface area contributed by atoms with Crippen LogP contribution >= 0.6 is 0 Å². The molecule has 0 spiro atoms. The molecular weight excluding hydrogens is 222 g/mol. The van der Waals surface area contributed by atoms with Crippen molar-refractivity contribution in [2.45, 2.75) is 26.1 Å². The number of rotatable bonds is 2. The lowest BCUT2D eigenvalue weighted by Crippen LogP contribution is -2.46. The second-order valence-corrected chi connectivity index (χ2v) is 4.23. The molecule has 6 nitrogen and oxygen atoms in total. The van der Waals surface area contributed by atoms with Crippen molar-refractivity contribution in [3.05, 3.63) is 18.1 Å².